The minimum absolute atomic E-state index is 0.0830. The minimum Gasteiger partial charge on any atom is -0.477 e. The van der Waals surface area contributed by atoms with E-state index in [1.807, 2.05) is 0 Å². The van der Waals surface area contributed by atoms with E-state index in [1.165, 1.54) is 12.4 Å². The molecule has 2 aliphatic carbocycles. The number of nitrogens with zero attached hydrogens (tertiary/aromatic N) is 3. The van der Waals surface area contributed by atoms with Gasteiger partial charge in [0.15, 0.2) is 0 Å². The van der Waals surface area contributed by atoms with E-state index in [0.717, 1.165) is 62.5 Å². The van der Waals surface area contributed by atoms with Crippen molar-refractivity contribution in [3.8, 4) is 17.1 Å². The van der Waals surface area contributed by atoms with Crippen LogP contribution in [0, 0.1) is 5.41 Å². The van der Waals surface area contributed by atoms with Gasteiger partial charge in [-0.2, -0.15) is 13.2 Å². The maximum absolute atomic E-state index is 13.7. The zero-order valence-electron chi connectivity index (χ0n) is 22.8. The lowest BCUT2D eigenvalue weighted by molar-refractivity contribution is -0.139. The van der Waals surface area contributed by atoms with Gasteiger partial charge in [-0.15, -0.1) is 0 Å². The average molecular weight is 627 g/mol. The number of hydrogen-bond donors (Lipinski definition) is 1. The number of halogens is 5. The summed E-state index contributed by atoms with van der Waals surface area (Å²) in [5.41, 5.74) is 5.31. The van der Waals surface area contributed by atoms with Gasteiger partial charge in [0.25, 0.3) is 0 Å². The summed E-state index contributed by atoms with van der Waals surface area (Å²) in [5.74, 6) is -0.465. The first-order chi connectivity index (χ1) is 20.1. The molecule has 0 bridgehead atoms. The Balaban J connectivity index is 1.23. The van der Waals surface area contributed by atoms with Crippen LogP contribution in [0.2, 0.25) is 10.0 Å². The highest BCUT2D eigenvalue weighted by Crippen LogP contribution is 2.46. The van der Waals surface area contributed by atoms with E-state index in [1.54, 1.807) is 0 Å². The van der Waals surface area contributed by atoms with Gasteiger partial charge < -0.3 is 19.7 Å². The first-order valence-electron chi connectivity index (χ1n) is 13.9. The van der Waals surface area contributed by atoms with Gasteiger partial charge >= 0.3 is 6.18 Å². The highest BCUT2D eigenvalue weighted by Gasteiger charge is 2.38. The molecule has 0 spiro atoms. The number of carbonyl (C=O) groups excluding carboxylic acids is 1. The Labute approximate surface area is 251 Å². The first kappa shape index (κ1) is 30.6. The molecule has 2 aliphatic rings. The van der Waals surface area contributed by atoms with Gasteiger partial charge in [-0.1, -0.05) is 47.6 Å². The molecule has 3 heterocycles. The van der Waals surface area contributed by atoms with Gasteiger partial charge in [-0.3, -0.25) is 9.78 Å². The van der Waals surface area contributed by atoms with Crippen LogP contribution in [0.1, 0.15) is 91.0 Å². The fraction of sp³-hybridized carbons (Fsp3) is 0.517. The van der Waals surface area contributed by atoms with Crippen molar-refractivity contribution < 1.29 is 32.0 Å². The van der Waals surface area contributed by atoms with Crippen molar-refractivity contribution in [2.24, 2.45) is 11.1 Å². The van der Waals surface area contributed by atoms with Crippen molar-refractivity contribution in [3.63, 3.8) is 0 Å². The Morgan fingerprint density at radius 2 is 1.83 bits per heavy atom. The predicted molar refractivity (Wildman–Crippen MR) is 149 cm³/mol. The molecule has 2 N–H and O–H groups in total. The Morgan fingerprint density at radius 3 is 2.48 bits per heavy atom. The fourth-order valence-corrected chi connectivity index (χ4v) is 6.12. The molecule has 0 atom stereocenters. The third kappa shape index (κ3) is 7.01. The van der Waals surface area contributed by atoms with Crippen molar-refractivity contribution in [2.45, 2.75) is 76.5 Å². The zero-order chi connectivity index (χ0) is 29.9. The molecule has 3 aromatic heterocycles. The van der Waals surface area contributed by atoms with E-state index >= 15 is 0 Å². The molecular formula is C29H31Cl2F3N4O4. The van der Waals surface area contributed by atoms with Gasteiger partial charge in [0, 0.05) is 47.7 Å². The number of rotatable bonds is 12. The normalized spacial score (nSPS) is 16.9. The van der Waals surface area contributed by atoms with Crippen LogP contribution < -0.4 is 10.5 Å². The number of nitrogens with two attached hydrogens (primary N) is 1. The molecule has 5 rings (SSSR count). The average Bonchev–Trinajstić information content (AvgIpc) is 3.72. The van der Waals surface area contributed by atoms with Gasteiger partial charge in [0.05, 0.1) is 28.8 Å². The number of carbonyl (C=O) groups is 1. The Kier molecular flexibility index (Phi) is 9.29. The summed E-state index contributed by atoms with van der Waals surface area (Å²) < 4.78 is 58.6. The summed E-state index contributed by atoms with van der Waals surface area (Å²) in [6.07, 6.45) is 7.34. The maximum atomic E-state index is 13.7. The summed E-state index contributed by atoms with van der Waals surface area (Å²) >= 11 is 12.8. The summed E-state index contributed by atoms with van der Waals surface area (Å²) in [6, 6.07) is 0.688. The molecule has 0 radical (unpaired) electrons. The van der Waals surface area contributed by atoms with Crippen LogP contribution in [0.15, 0.2) is 29.2 Å². The second-order valence-corrected chi connectivity index (χ2v) is 11.9. The number of ether oxygens (including phenoxy) is 2. The molecule has 226 valence electrons. The molecule has 2 fully saturated rings. The van der Waals surface area contributed by atoms with Crippen LogP contribution in [-0.2, 0) is 17.5 Å². The van der Waals surface area contributed by atoms with Crippen LogP contribution in [0.5, 0.6) is 5.88 Å². The van der Waals surface area contributed by atoms with E-state index in [4.69, 9.17) is 42.9 Å². The zero-order valence-corrected chi connectivity index (χ0v) is 24.3. The largest absolute Gasteiger partial charge is 0.477 e. The molecule has 8 nitrogen and oxygen atoms in total. The van der Waals surface area contributed by atoms with E-state index < -0.39 is 23.5 Å². The molecule has 0 aliphatic heterocycles. The van der Waals surface area contributed by atoms with Crippen molar-refractivity contribution in [1.82, 2.24) is 15.1 Å². The summed E-state index contributed by atoms with van der Waals surface area (Å²) in [4.78, 5) is 19.2. The molecular weight excluding hydrogens is 596 g/mol. The Hall–Kier alpha value is -2.89. The SMILES string of the molecule is NC(=O)c1cnc(OCC2(CCCOCc3c(-c4c(Cl)cncc4Cl)noc3C3CC3)CCCCC2)c(C(F)(F)F)c1. The summed E-state index contributed by atoms with van der Waals surface area (Å²) in [5, 5.41) is 5.00. The standard InChI is InChI=1S/C29H31Cl2F3N4O4/c30-21-13-36-14-22(31)23(21)24-19(25(42-38-24)17-5-6-17)15-40-10-4-9-28(7-2-1-3-8-28)16-41-27-20(29(32,33)34)11-18(12-37-27)26(35)39/h11-14,17H,1-10,15-16H2,(H2,35,39). The number of primary amides is 1. The lowest BCUT2D eigenvalue weighted by Crippen LogP contribution is -2.32. The first-order valence-corrected chi connectivity index (χ1v) is 14.7. The molecule has 0 saturated heterocycles. The molecule has 2 saturated carbocycles. The number of pyridine rings is 2. The van der Waals surface area contributed by atoms with Gasteiger partial charge in [-0.05, 0) is 44.6 Å². The quantitative estimate of drug-likeness (QED) is 0.204. The number of hydrogen-bond acceptors (Lipinski definition) is 7. The monoisotopic (exact) mass is 626 g/mol. The van der Waals surface area contributed by atoms with Crippen molar-refractivity contribution in [2.75, 3.05) is 13.2 Å². The van der Waals surface area contributed by atoms with Crippen LogP contribution in [-0.4, -0.2) is 34.2 Å². The topological polar surface area (TPSA) is 113 Å². The third-order valence-corrected chi connectivity index (χ3v) is 8.54. The molecule has 0 aromatic carbocycles. The third-order valence-electron chi connectivity index (χ3n) is 7.97. The van der Waals surface area contributed by atoms with Crippen molar-refractivity contribution >= 4 is 29.1 Å². The highest BCUT2D eigenvalue weighted by atomic mass is 35.5. The lowest BCUT2D eigenvalue weighted by atomic mass is 9.72. The van der Waals surface area contributed by atoms with E-state index in [9.17, 15) is 18.0 Å². The van der Waals surface area contributed by atoms with Gasteiger partial charge in [0.1, 0.15) is 17.0 Å². The van der Waals surface area contributed by atoms with Crippen molar-refractivity contribution in [3.05, 3.63) is 57.2 Å². The Bertz CT molecular complexity index is 1400. The lowest BCUT2D eigenvalue weighted by Gasteiger charge is -2.37. The number of alkyl halides is 3. The predicted octanol–water partition coefficient (Wildman–Crippen LogP) is 7.76. The van der Waals surface area contributed by atoms with E-state index in [-0.39, 0.29) is 24.2 Å². The van der Waals surface area contributed by atoms with Gasteiger partial charge in [0.2, 0.25) is 11.8 Å². The molecule has 3 aromatic rings. The van der Waals surface area contributed by atoms with E-state index in [0.29, 0.717) is 52.7 Å². The Morgan fingerprint density at radius 1 is 1.12 bits per heavy atom. The van der Waals surface area contributed by atoms with Crippen LogP contribution in [0.25, 0.3) is 11.3 Å². The van der Waals surface area contributed by atoms with Crippen LogP contribution in [0.4, 0.5) is 13.2 Å². The minimum atomic E-state index is -4.74. The summed E-state index contributed by atoms with van der Waals surface area (Å²) in [7, 11) is 0. The molecule has 1 amide bonds. The molecule has 0 unspecified atom stereocenters. The fourth-order valence-electron chi connectivity index (χ4n) is 5.58. The van der Waals surface area contributed by atoms with Crippen molar-refractivity contribution in [1.29, 1.82) is 0 Å². The van der Waals surface area contributed by atoms with E-state index in [2.05, 4.69) is 15.1 Å². The summed E-state index contributed by atoms with van der Waals surface area (Å²) in [6.45, 7) is 0.765. The second kappa shape index (κ2) is 12.8. The van der Waals surface area contributed by atoms with Crippen LogP contribution >= 0.6 is 23.2 Å². The maximum Gasteiger partial charge on any atom is 0.421 e. The number of aromatic nitrogens is 3. The van der Waals surface area contributed by atoms with Crippen LogP contribution in [0.3, 0.4) is 0 Å². The molecule has 42 heavy (non-hydrogen) atoms. The number of amides is 1. The second-order valence-electron chi connectivity index (χ2n) is 11.1. The highest BCUT2D eigenvalue weighted by molar-refractivity contribution is 6.38. The smallest absolute Gasteiger partial charge is 0.421 e. The van der Waals surface area contributed by atoms with Gasteiger partial charge in [-0.25, -0.2) is 4.98 Å². The molecule has 13 heteroatoms.